The highest BCUT2D eigenvalue weighted by atomic mass is 16.5. The van der Waals surface area contributed by atoms with E-state index in [-0.39, 0.29) is 0 Å². The Hall–Kier alpha value is -0.995. The molecule has 0 radical (unpaired) electrons. The second-order valence-electron chi connectivity index (χ2n) is 2.79. The summed E-state index contributed by atoms with van der Waals surface area (Å²) in [5.74, 6) is 0.756. The number of rotatable bonds is 4. The molecule has 0 aliphatic carbocycles. The van der Waals surface area contributed by atoms with Crippen molar-refractivity contribution in [1.29, 1.82) is 0 Å². The van der Waals surface area contributed by atoms with Crippen LogP contribution < -0.4 is 10.2 Å². The Morgan fingerprint density at radius 2 is 1.85 bits per heavy atom. The van der Waals surface area contributed by atoms with Gasteiger partial charge in [0.15, 0.2) is 0 Å². The molecule has 13 heavy (non-hydrogen) atoms. The largest absolute Gasteiger partial charge is 0.494 e. The van der Waals surface area contributed by atoms with E-state index in [9.17, 15) is 0 Å². The smallest absolute Gasteiger partial charge is 0.488 e. The zero-order valence-electron chi connectivity index (χ0n) is 7.60. The first-order chi connectivity index (χ1) is 6.24. The number of benzene rings is 1. The second-order valence-corrected chi connectivity index (χ2v) is 2.79. The van der Waals surface area contributed by atoms with E-state index >= 15 is 0 Å². The predicted octanol–water partition coefficient (Wildman–Crippen LogP) is 0.155. The minimum absolute atomic E-state index is 0.476. The first kappa shape index (κ1) is 10.1. The maximum absolute atomic E-state index is 8.81. The summed E-state index contributed by atoms with van der Waals surface area (Å²) in [6, 6.07) is 6.72. The van der Waals surface area contributed by atoms with Gasteiger partial charge in [0, 0.05) is 0 Å². The molecule has 0 atom stereocenters. The molecule has 1 aromatic carbocycles. The molecule has 0 heterocycles. The third-order valence-corrected chi connectivity index (χ3v) is 1.65. The number of hydrogen-bond donors (Lipinski definition) is 2. The molecule has 4 heteroatoms. The molecule has 0 spiro atoms. The molecule has 0 bridgehead atoms. The molecule has 3 nitrogen and oxygen atoms in total. The topological polar surface area (TPSA) is 49.7 Å². The van der Waals surface area contributed by atoms with Crippen LogP contribution in [0.2, 0.25) is 0 Å². The van der Waals surface area contributed by atoms with E-state index in [1.807, 2.05) is 6.92 Å². The van der Waals surface area contributed by atoms with Gasteiger partial charge in [0.1, 0.15) is 5.75 Å². The van der Waals surface area contributed by atoms with Gasteiger partial charge >= 0.3 is 7.12 Å². The van der Waals surface area contributed by atoms with Crippen LogP contribution in [-0.4, -0.2) is 23.8 Å². The van der Waals surface area contributed by atoms with Crippen LogP contribution in [0.15, 0.2) is 24.3 Å². The zero-order chi connectivity index (χ0) is 9.68. The van der Waals surface area contributed by atoms with Crippen molar-refractivity contribution in [1.82, 2.24) is 0 Å². The Morgan fingerprint density at radius 3 is 2.31 bits per heavy atom. The van der Waals surface area contributed by atoms with Crippen molar-refractivity contribution in [3.05, 3.63) is 24.3 Å². The van der Waals surface area contributed by atoms with Crippen LogP contribution in [0.5, 0.6) is 5.75 Å². The highest BCUT2D eigenvalue weighted by molar-refractivity contribution is 6.58. The van der Waals surface area contributed by atoms with Crippen molar-refractivity contribution in [2.24, 2.45) is 0 Å². The van der Waals surface area contributed by atoms with Gasteiger partial charge in [0.25, 0.3) is 0 Å². The van der Waals surface area contributed by atoms with Gasteiger partial charge in [-0.3, -0.25) is 0 Å². The van der Waals surface area contributed by atoms with E-state index in [4.69, 9.17) is 14.8 Å². The lowest BCUT2D eigenvalue weighted by Gasteiger charge is -2.04. The number of ether oxygens (including phenoxy) is 1. The van der Waals surface area contributed by atoms with Gasteiger partial charge in [0.2, 0.25) is 0 Å². The van der Waals surface area contributed by atoms with Gasteiger partial charge in [0.05, 0.1) is 6.61 Å². The maximum Gasteiger partial charge on any atom is 0.488 e. The van der Waals surface area contributed by atoms with E-state index in [0.717, 1.165) is 12.2 Å². The van der Waals surface area contributed by atoms with E-state index in [1.165, 1.54) is 0 Å². The molecule has 1 rings (SSSR count). The van der Waals surface area contributed by atoms with Crippen LogP contribution in [0, 0.1) is 0 Å². The van der Waals surface area contributed by atoms with E-state index in [1.54, 1.807) is 24.3 Å². The summed E-state index contributed by atoms with van der Waals surface area (Å²) >= 11 is 0. The summed E-state index contributed by atoms with van der Waals surface area (Å²) in [5.41, 5.74) is 0.476. The third-order valence-electron chi connectivity index (χ3n) is 1.65. The summed E-state index contributed by atoms with van der Waals surface area (Å²) in [6.07, 6.45) is 0.963. The van der Waals surface area contributed by atoms with Crippen LogP contribution in [0.25, 0.3) is 0 Å². The minimum Gasteiger partial charge on any atom is -0.494 e. The van der Waals surface area contributed by atoms with Gasteiger partial charge in [-0.1, -0.05) is 19.1 Å². The standard InChI is InChI=1S/C9H13BO3/c1-2-7-13-9-5-3-8(4-6-9)10(11)12/h3-6,11-12H,2,7H2,1H3. The fraction of sp³-hybridized carbons (Fsp3) is 0.333. The van der Waals surface area contributed by atoms with Crippen molar-refractivity contribution >= 4 is 12.6 Å². The molecular weight excluding hydrogens is 167 g/mol. The maximum atomic E-state index is 8.81. The monoisotopic (exact) mass is 180 g/mol. The van der Waals surface area contributed by atoms with Gasteiger partial charge in [-0.15, -0.1) is 0 Å². The van der Waals surface area contributed by atoms with E-state index < -0.39 is 7.12 Å². The molecule has 0 unspecified atom stereocenters. The normalized spacial score (nSPS) is 9.77. The van der Waals surface area contributed by atoms with Crippen molar-refractivity contribution in [2.75, 3.05) is 6.61 Å². The summed E-state index contributed by atoms with van der Waals surface area (Å²) in [6.45, 7) is 2.72. The highest BCUT2D eigenvalue weighted by Crippen LogP contribution is 2.07. The molecule has 0 fully saturated rings. The molecule has 70 valence electrons. The molecule has 2 N–H and O–H groups in total. The fourth-order valence-corrected chi connectivity index (χ4v) is 0.956. The lowest BCUT2D eigenvalue weighted by Crippen LogP contribution is -2.29. The van der Waals surface area contributed by atoms with Crippen LogP contribution in [0.3, 0.4) is 0 Å². The van der Waals surface area contributed by atoms with Gasteiger partial charge in [-0.2, -0.15) is 0 Å². The SMILES string of the molecule is CCCOc1ccc(B(O)O)cc1. The Labute approximate surface area is 78.1 Å². The molecule has 0 aromatic heterocycles. The molecule has 0 aliphatic rings. The van der Waals surface area contributed by atoms with E-state index in [2.05, 4.69) is 0 Å². The van der Waals surface area contributed by atoms with E-state index in [0.29, 0.717) is 12.1 Å². The van der Waals surface area contributed by atoms with Crippen LogP contribution >= 0.6 is 0 Å². The Balaban J connectivity index is 2.59. The fourth-order valence-electron chi connectivity index (χ4n) is 0.956. The average molecular weight is 180 g/mol. The Kier molecular flexibility index (Phi) is 3.80. The summed E-state index contributed by atoms with van der Waals surface area (Å²) in [5, 5.41) is 17.6. The summed E-state index contributed by atoms with van der Waals surface area (Å²) in [4.78, 5) is 0. The number of hydrogen-bond acceptors (Lipinski definition) is 3. The Morgan fingerprint density at radius 1 is 1.23 bits per heavy atom. The van der Waals surface area contributed by atoms with Gasteiger partial charge < -0.3 is 14.8 Å². The lowest BCUT2D eigenvalue weighted by molar-refractivity contribution is 0.317. The molecule has 0 aliphatic heterocycles. The third kappa shape index (κ3) is 3.09. The molecule has 0 amide bonds. The van der Waals surface area contributed by atoms with Crippen molar-refractivity contribution in [3.8, 4) is 5.75 Å². The predicted molar refractivity (Wildman–Crippen MR) is 52.1 cm³/mol. The highest BCUT2D eigenvalue weighted by Gasteiger charge is 2.09. The zero-order valence-corrected chi connectivity index (χ0v) is 7.60. The molecule has 0 saturated carbocycles. The lowest BCUT2D eigenvalue weighted by atomic mass is 9.80. The second kappa shape index (κ2) is 4.89. The molecular formula is C9H13BO3. The first-order valence-electron chi connectivity index (χ1n) is 4.33. The van der Waals surface area contributed by atoms with Crippen LogP contribution in [0.4, 0.5) is 0 Å². The minimum atomic E-state index is -1.40. The summed E-state index contributed by atoms with van der Waals surface area (Å²) < 4.78 is 5.33. The van der Waals surface area contributed by atoms with Crippen LogP contribution in [0.1, 0.15) is 13.3 Å². The van der Waals surface area contributed by atoms with Gasteiger partial charge in [-0.05, 0) is 24.0 Å². The van der Waals surface area contributed by atoms with Crippen molar-refractivity contribution in [3.63, 3.8) is 0 Å². The summed E-state index contributed by atoms with van der Waals surface area (Å²) in [7, 11) is -1.40. The average Bonchev–Trinajstić information content (AvgIpc) is 2.15. The van der Waals surface area contributed by atoms with Crippen molar-refractivity contribution < 1.29 is 14.8 Å². The molecule has 0 saturated heterocycles. The first-order valence-corrected chi connectivity index (χ1v) is 4.33. The van der Waals surface area contributed by atoms with Crippen LogP contribution in [-0.2, 0) is 0 Å². The molecule has 1 aromatic rings. The quantitative estimate of drug-likeness (QED) is 0.648. The Bertz CT molecular complexity index is 246. The van der Waals surface area contributed by atoms with Crippen molar-refractivity contribution in [2.45, 2.75) is 13.3 Å². The van der Waals surface area contributed by atoms with Gasteiger partial charge in [-0.25, -0.2) is 0 Å².